The van der Waals surface area contributed by atoms with Gasteiger partial charge >= 0.3 is 0 Å². The van der Waals surface area contributed by atoms with Crippen molar-refractivity contribution in [2.75, 3.05) is 0 Å². The van der Waals surface area contributed by atoms with E-state index < -0.39 is 0 Å². The Morgan fingerprint density at radius 1 is 0.373 bits per heavy atom. The van der Waals surface area contributed by atoms with Crippen molar-refractivity contribution in [3.05, 3.63) is 158 Å². The van der Waals surface area contributed by atoms with Crippen molar-refractivity contribution in [2.45, 2.75) is 0 Å². The molecule has 4 heterocycles. The third-order valence-electron chi connectivity index (χ3n) is 9.84. The summed E-state index contributed by atoms with van der Waals surface area (Å²) in [5, 5.41) is 6.59. The molecule has 6 nitrogen and oxygen atoms in total. The van der Waals surface area contributed by atoms with Crippen LogP contribution in [-0.2, 0) is 0 Å². The molecule has 0 unspecified atom stereocenters. The quantitative estimate of drug-likeness (QED) is 0.189. The molecule has 6 heteroatoms. The molecule has 0 saturated carbocycles. The number of furan rings is 2. The van der Waals surface area contributed by atoms with Gasteiger partial charge in [0.2, 0.25) is 0 Å². The molecule has 7 aromatic carbocycles. The molecule has 0 atom stereocenters. The maximum absolute atomic E-state index is 6.62. The molecule has 0 aliphatic heterocycles. The molecule has 0 N–H and O–H groups in total. The number of fused-ring (bicyclic) bond motifs is 10. The van der Waals surface area contributed by atoms with E-state index >= 15 is 0 Å². The number of rotatable bonds is 4. The number of aromatic nitrogens is 4. The van der Waals surface area contributed by atoms with Crippen molar-refractivity contribution in [1.29, 1.82) is 0 Å². The van der Waals surface area contributed by atoms with Crippen molar-refractivity contribution in [3.8, 4) is 39.9 Å². The Morgan fingerprint density at radius 2 is 0.961 bits per heavy atom. The average molecular weight is 655 g/mol. The van der Waals surface area contributed by atoms with E-state index in [2.05, 4.69) is 102 Å². The minimum Gasteiger partial charge on any atom is -0.456 e. The van der Waals surface area contributed by atoms with E-state index in [1.165, 1.54) is 10.8 Å². The molecule has 51 heavy (non-hydrogen) atoms. The summed E-state index contributed by atoms with van der Waals surface area (Å²) in [7, 11) is 0. The maximum Gasteiger partial charge on any atom is 0.164 e. The number of nitrogens with zero attached hydrogens (tertiary/aromatic N) is 4. The standard InChI is InChI=1S/C45H26N4O2/c1-3-11-27(12-4-1)43-46-44(28-20-23-38-35(25-28)32-16-8-10-18-37(32)50-38)48-45(47-43)29-19-21-34-40(26-29)51-39-24-22-33-31-15-7-9-17-36(31)49(42(33)41(34)39)30-13-5-2-6-14-30/h1-26H. The summed E-state index contributed by atoms with van der Waals surface area (Å²) in [6.45, 7) is 0. The van der Waals surface area contributed by atoms with Crippen LogP contribution in [0.15, 0.2) is 167 Å². The zero-order valence-electron chi connectivity index (χ0n) is 27.1. The molecule has 11 aromatic rings. The maximum atomic E-state index is 6.62. The van der Waals surface area contributed by atoms with Gasteiger partial charge in [-0.3, -0.25) is 0 Å². The lowest BCUT2D eigenvalue weighted by Crippen LogP contribution is -2.00. The molecule has 0 radical (unpaired) electrons. The monoisotopic (exact) mass is 654 g/mol. The molecule has 4 aromatic heterocycles. The minimum atomic E-state index is 0.571. The van der Waals surface area contributed by atoms with Crippen LogP contribution < -0.4 is 0 Å². The minimum absolute atomic E-state index is 0.571. The smallest absolute Gasteiger partial charge is 0.164 e. The van der Waals surface area contributed by atoms with Crippen LogP contribution in [0.5, 0.6) is 0 Å². The summed E-state index contributed by atoms with van der Waals surface area (Å²) in [5.41, 5.74) is 9.32. The normalized spacial score (nSPS) is 11.9. The van der Waals surface area contributed by atoms with Gasteiger partial charge in [0.1, 0.15) is 22.3 Å². The molecular weight excluding hydrogens is 629 g/mol. The van der Waals surface area contributed by atoms with Gasteiger partial charge in [0.15, 0.2) is 17.5 Å². The second-order valence-electron chi connectivity index (χ2n) is 12.8. The Labute approximate surface area is 290 Å². The topological polar surface area (TPSA) is 69.9 Å². The highest BCUT2D eigenvalue weighted by Crippen LogP contribution is 2.42. The predicted molar refractivity (Wildman–Crippen MR) is 205 cm³/mol. The van der Waals surface area contributed by atoms with Crippen molar-refractivity contribution >= 4 is 65.7 Å². The van der Waals surface area contributed by atoms with Crippen LogP contribution in [0.2, 0.25) is 0 Å². The highest BCUT2D eigenvalue weighted by atomic mass is 16.3. The SMILES string of the molecule is c1ccc(-c2nc(-c3ccc4c(c3)oc3ccc5c6ccccc6n(-c6ccccc6)c5c34)nc(-c3ccc4oc5ccccc5c4c3)n2)cc1. The van der Waals surface area contributed by atoms with E-state index in [9.17, 15) is 0 Å². The summed E-state index contributed by atoms with van der Waals surface area (Å²) < 4.78 is 15.1. The Hall–Kier alpha value is -7.05. The second-order valence-corrected chi connectivity index (χ2v) is 12.8. The second kappa shape index (κ2) is 10.7. The zero-order valence-corrected chi connectivity index (χ0v) is 27.1. The molecule has 0 spiro atoms. The van der Waals surface area contributed by atoms with Crippen LogP contribution in [0, 0.1) is 0 Å². The average Bonchev–Trinajstić information content (AvgIpc) is 3.87. The van der Waals surface area contributed by atoms with Crippen LogP contribution in [0.1, 0.15) is 0 Å². The van der Waals surface area contributed by atoms with E-state index in [4.69, 9.17) is 23.8 Å². The number of para-hydroxylation sites is 3. The van der Waals surface area contributed by atoms with Crippen LogP contribution in [0.4, 0.5) is 0 Å². The van der Waals surface area contributed by atoms with Gasteiger partial charge in [0.05, 0.1) is 16.4 Å². The molecule has 0 bridgehead atoms. The highest BCUT2D eigenvalue weighted by molar-refractivity contribution is 6.24. The Balaban J connectivity index is 1.13. The lowest BCUT2D eigenvalue weighted by Gasteiger charge is -2.09. The van der Waals surface area contributed by atoms with Crippen molar-refractivity contribution < 1.29 is 8.83 Å². The van der Waals surface area contributed by atoms with Crippen LogP contribution in [0.25, 0.3) is 106 Å². The largest absolute Gasteiger partial charge is 0.456 e. The first-order valence-electron chi connectivity index (χ1n) is 16.9. The van der Waals surface area contributed by atoms with E-state index in [1.54, 1.807) is 0 Å². The molecular formula is C45H26N4O2. The molecule has 0 amide bonds. The Kier molecular flexibility index (Phi) is 5.86. The van der Waals surface area contributed by atoms with Gasteiger partial charge in [-0.05, 0) is 66.7 Å². The van der Waals surface area contributed by atoms with Gasteiger partial charge in [0, 0.05) is 49.3 Å². The Bertz CT molecular complexity index is 3140. The fourth-order valence-corrected chi connectivity index (χ4v) is 7.52. The first kappa shape index (κ1) is 27.9. The molecule has 0 fully saturated rings. The van der Waals surface area contributed by atoms with Crippen molar-refractivity contribution in [3.63, 3.8) is 0 Å². The molecule has 0 aliphatic rings. The van der Waals surface area contributed by atoms with E-state index in [-0.39, 0.29) is 0 Å². The lowest BCUT2D eigenvalue weighted by atomic mass is 10.1. The van der Waals surface area contributed by atoms with Gasteiger partial charge in [0.25, 0.3) is 0 Å². The van der Waals surface area contributed by atoms with Gasteiger partial charge in [-0.2, -0.15) is 0 Å². The first-order chi connectivity index (χ1) is 25.3. The molecule has 11 rings (SSSR count). The lowest BCUT2D eigenvalue weighted by molar-refractivity contribution is 0.668. The van der Waals surface area contributed by atoms with Gasteiger partial charge in [-0.15, -0.1) is 0 Å². The fourth-order valence-electron chi connectivity index (χ4n) is 7.52. The molecule has 0 saturated heterocycles. The van der Waals surface area contributed by atoms with Gasteiger partial charge in [-0.25, -0.2) is 15.0 Å². The number of hydrogen-bond donors (Lipinski definition) is 0. The van der Waals surface area contributed by atoms with Crippen molar-refractivity contribution in [1.82, 2.24) is 19.5 Å². The first-order valence-corrected chi connectivity index (χ1v) is 16.9. The highest BCUT2D eigenvalue weighted by Gasteiger charge is 2.20. The van der Waals surface area contributed by atoms with Crippen molar-refractivity contribution in [2.24, 2.45) is 0 Å². The summed E-state index contributed by atoms with van der Waals surface area (Å²) in [6.07, 6.45) is 0. The summed E-state index contributed by atoms with van der Waals surface area (Å²) in [5.74, 6) is 1.76. The predicted octanol–water partition coefficient (Wildman–Crippen LogP) is 11.8. The third-order valence-corrected chi connectivity index (χ3v) is 9.84. The van der Waals surface area contributed by atoms with Crippen LogP contribution >= 0.6 is 0 Å². The molecule has 238 valence electrons. The van der Waals surface area contributed by atoms with E-state index in [0.29, 0.717) is 17.5 Å². The van der Waals surface area contributed by atoms with Crippen LogP contribution in [-0.4, -0.2) is 19.5 Å². The van der Waals surface area contributed by atoms with Gasteiger partial charge < -0.3 is 13.4 Å². The molecule has 0 aliphatic carbocycles. The zero-order chi connectivity index (χ0) is 33.5. The Morgan fingerprint density at radius 3 is 1.78 bits per heavy atom. The van der Waals surface area contributed by atoms with Gasteiger partial charge in [-0.1, -0.05) is 91.0 Å². The summed E-state index contributed by atoms with van der Waals surface area (Å²) >= 11 is 0. The van der Waals surface area contributed by atoms with E-state index in [1.807, 2.05) is 60.7 Å². The summed E-state index contributed by atoms with van der Waals surface area (Å²) in [4.78, 5) is 15.1. The third kappa shape index (κ3) is 4.26. The van der Waals surface area contributed by atoms with Crippen LogP contribution in [0.3, 0.4) is 0 Å². The summed E-state index contributed by atoms with van der Waals surface area (Å²) in [6, 6.07) is 53.9. The number of hydrogen-bond acceptors (Lipinski definition) is 5. The van der Waals surface area contributed by atoms with E-state index in [0.717, 1.165) is 77.3 Å². The fraction of sp³-hybridized carbons (Fsp3) is 0. The number of benzene rings is 7.